The van der Waals surface area contributed by atoms with E-state index >= 15 is 0 Å². The van der Waals surface area contributed by atoms with Gasteiger partial charge in [0, 0.05) is 14.0 Å². The predicted molar refractivity (Wildman–Crippen MR) is 75.5 cm³/mol. The summed E-state index contributed by atoms with van der Waals surface area (Å²) in [5.41, 5.74) is 0. The molecule has 0 saturated carbocycles. The predicted octanol–water partition coefficient (Wildman–Crippen LogP) is 4.72. The van der Waals surface area contributed by atoms with Gasteiger partial charge in [0.05, 0.1) is 5.76 Å². The zero-order valence-corrected chi connectivity index (χ0v) is 13.8. The van der Waals surface area contributed by atoms with Crippen LogP contribution in [-0.4, -0.2) is 16.4 Å². The zero-order valence-electron chi connectivity index (χ0n) is 11.8. The van der Waals surface area contributed by atoms with Gasteiger partial charge < -0.3 is 4.43 Å². The van der Waals surface area contributed by atoms with Crippen LogP contribution in [0.25, 0.3) is 0 Å². The van der Waals surface area contributed by atoms with E-state index in [0.29, 0.717) is 5.92 Å². The van der Waals surface area contributed by atoms with Gasteiger partial charge >= 0.3 is 0 Å². The van der Waals surface area contributed by atoms with Crippen LogP contribution in [0.5, 0.6) is 0 Å². The topological polar surface area (TPSA) is 9.23 Å². The Balaban J connectivity index is 4.54. The highest BCUT2D eigenvalue weighted by Crippen LogP contribution is 2.21. The van der Waals surface area contributed by atoms with E-state index < -0.39 is 16.4 Å². The minimum absolute atomic E-state index is 0.521. The molecule has 0 amide bonds. The van der Waals surface area contributed by atoms with Crippen molar-refractivity contribution in [1.82, 2.24) is 0 Å². The maximum atomic E-state index is 6.12. The lowest BCUT2D eigenvalue weighted by Gasteiger charge is -2.25. The van der Waals surface area contributed by atoms with Gasteiger partial charge in [0.25, 0.3) is 0 Å². The third-order valence-electron chi connectivity index (χ3n) is 1.91. The summed E-state index contributed by atoms with van der Waals surface area (Å²) in [6.07, 6.45) is 2.34. The van der Waals surface area contributed by atoms with E-state index in [1.54, 1.807) is 0 Å². The average Bonchev–Trinajstić information content (AvgIpc) is 1.93. The molecule has 0 spiro atoms. The molecule has 0 aromatic rings. The summed E-state index contributed by atoms with van der Waals surface area (Å²) in [4.78, 5) is 0. The molecule has 15 heavy (non-hydrogen) atoms. The van der Waals surface area contributed by atoms with Gasteiger partial charge in [0.15, 0.2) is 0 Å². The van der Waals surface area contributed by atoms with Gasteiger partial charge in [0.2, 0.25) is 8.32 Å². The van der Waals surface area contributed by atoms with E-state index in [-0.39, 0.29) is 0 Å². The Hall–Kier alpha value is -0.0262. The Morgan fingerprint density at radius 2 is 1.53 bits per heavy atom. The lowest BCUT2D eigenvalue weighted by Crippen LogP contribution is -2.27. The van der Waals surface area contributed by atoms with Gasteiger partial charge in [-0.05, 0) is 25.7 Å². The van der Waals surface area contributed by atoms with Gasteiger partial charge in [-0.15, -0.1) is 0 Å². The average molecular weight is 245 g/mol. The molecule has 1 nitrogen and oxygen atoms in total. The highest BCUT2D eigenvalue weighted by atomic mass is 28.4. The molecule has 0 aromatic heterocycles. The van der Waals surface area contributed by atoms with Crippen molar-refractivity contribution in [1.29, 1.82) is 0 Å². The number of hydrogen-bond acceptors (Lipinski definition) is 1. The third-order valence-corrected chi connectivity index (χ3v) is 4.19. The van der Waals surface area contributed by atoms with Crippen LogP contribution in [0.1, 0.15) is 13.8 Å². The molecular weight excluding hydrogens is 216 g/mol. The second-order valence-electron chi connectivity index (χ2n) is 6.74. The lowest BCUT2D eigenvalue weighted by molar-refractivity contribution is 0.363. The molecule has 3 heteroatoms. The van der Waals surface area contributed by atoms with E-state index in [4.69, 9.17) is 4.43 Å². The first-order chi connectivity index (χ1) is 6.51. The summed E-state index contributed by atoms with van der Waals surface area (Å²) in [6.45, 7) is 18.4. The van der Waals surface area contributed by atoms with Crippen LogP contribution in [0.15, 0.2) is 11.8 Å². The minimum Gasteiger partial charge on any atom is -0.547 e. The third kappa shape index (κ3) is 8.94. The van der Waals surface area contributed by atoms with Crippen LogP contribution < -0.4 is 0 Å². The fraction of sp³-hybridized carbons (Fsp3) is 0.833. The first-order valence-corrected chi connectivity index (χ1v) is 13.0. The minimum atomic E-state index is -1.43. The maximum Gasteiger partial charge on any atom is 0.241 e. The molecular formula is C12H28OSi2. The molecule has 0 saturated heterocycles. The van der Waals surface area contributed by atoms with Crippen molar-refractivity contribution >= 4 is 16.4 Å². The molecule has 0 aliphatic heterocycles. The summed E-state index contributed by atoms with van der Waals surface area (Å²) >= 11 is 0. The van der Waals surface area contributed by atoms with Crippen LogP contribution in [-0.2, 0) is 4.43 Å². The van der Waals surface area contributed by atoms with Gasteiger partial charge in [-0.2, -0.15) is 0 Å². The molecule has 0 heterocycles. The van der Waals surface area contributed by atoms with Crippen LogP contribution in [0.2, 0.25) is 45.3 Å². The van der Waals surface area contributed by atoms with Crippen molar-refractivity contribution in [3.8, 4) is 0 Å². The second kappa shape index (κ2) is 5.35. The largest absolute Gasteiger partial charge is 0.547 e. The van der Waals surface area contributed by atoms with Crippen LogP contribution in [0, 0.1) is 5.92 Å². The Labute approximate surface area is 98.1 Å². The summed E-state index contributed by atoms with van der Waals surface area (Å²) in [5, 5.41) is 0. The number of hydrogen-bond donors (Lipinski definition) is 0. The standard InChI is InChI=1S/C12H28OSi2/c1-11(2)12(13-15(6,7)8)9-10-14(3,4)5/h9,11H,10H2,1-8H3/b12-9-. The molecule has 0 N–H and O–H groups in total. The van der Waals surface area contributed by atoms with Crippen molar-refractivity contribution in [3.63, 3.8) is 0 Å². The van der Waals surface area contributed by atoms with Crippen molar-refractivity contribution in [2.75, 3.05) is 0 Å². The molecule has 0 rings (SSSR count). The quantitative estimate of drug-likeness (QED) is 0.502. The molecule has 90 valence electrons. The van der Waals surface area contributed by atoms with Crippen LogP contribution in [0.4, 0.5) is 0 Å². The Morgan fingerprint density at radius 3 is 1.80 bits per heavy atom. The zero-order chi connectivity index (χ0) is 12.3. The highest BCUT2D eigenvalue weighted by molar-refractivity contribution is 6.76. The Kier molecular flexibility index (Phi) is 5.34. The molecule has 0 aliphatic carbocycles. The van der Waals surface area contributed by atoms with Crippen molar-refractivity contribution < 1.29 is 4.43 Å². The van der Waals surface area contributed by atoms with Gasteiger partial charge in [-0.1, -0.05) is 39.6 Å². The van der Waals surface area contributed by atoms with Crippen molar-refractivity contribution in [2.24, 2.45) is 5.92 Å². The van der Waals surface area contributed by atoms with Crippen molar-refractivity contribution in [2.45, 2.75) is 59.2 Å². The van der Waals surface area contributed by atoms with Crippen LogP contribution >= 0.6 is 0 Å². The molecule has 0 atom stereocenters. The fourth-order valence-electron chi connectivity index (χ4n) is 1.16. The molecule has 0 bridgehead atoms. The lowest BCUT2D eigenvalue weighted by atomic mass is 10.2. The highest BCUT2D eigenvalue weighted by Gasteiger charge is 2.20. The fourth-order valence-corrected chi connectivity index (χ4v) is 3.00. The molecule has 0 unspecified atom stereocenters. The summed E-state index contributed by atoms with van der Waals surface area (Å²) < 4.78 is 6.12. The summed E-state index contributed by atoms with van der Waals surface area (Å²) in [6, 6.07) is 1.23. The van der Waals surface area contributed by atoms with Gasteiger partial charge in [-0.25, -0.2) is 0 Å². The van der Waals surface area contributed by atoms with Crippen LogP contribution in [0.3, 0.4) is 0 Å². The number of rotatable bonds is 5. The number of allylic oxidation sites excluding steroid dienone is 2. The second-order valence-corrected chi connectivity index (χ2v) is 16.7. The summed E-state index contributed by atoms with van der Waals surface area (Å²) in [7, 11) is -2.41. The Morgan fingerprint density at radius 1 is 1.07 bits per heavy atom. The van der Waals surface area contributed by atoms with Gasteiger partial charge in [0.1, 0.15) is 0 Å². The van der Waals surface area contributed by atoms with E-state index in [2.05, 4.69) is 59.2 Å². The van der Waals surface area contributed by atoms with E-state index in [0.717, 1.165) is 0 Å². The van der Waals surface area contributed by atoms with E-state index in [1.165, 1.54) is 11.8 Å². The SMILES string of the molecule is CC(C)/C(=C/C[Si](C)(C)C)O[Si](C)(C)C. The maximum absolute atomic E-state index is 6.12. The van der Waals surface area contributed by atoms with E-state index in [1.807, 2.05) is 0 Å². The first kappa shape index (κ1) is 15.0. The van der Waals surface area contributed by atoms with Gasteiger partial charge in [-0.3, -0.25) is 0 Å². The van der Waals surface area contributed by atoms with E-state index in [9.17, 15) is 0 Å². The summed E-state index contributed by atoms with van der Waals surface area (Å²) in [5.74, 6) is 1.74. The first-order valence-electron chi connectivity index (χ1n) is 5.90. The normalized spacial score (nSPS) is 14.6. The molecule has 0 aromatic carbocycles. The Bertz CT molecular complexity index is 219. The molecule has 0 fully saturated rings. The smallest absolute Gasteiger partial charge is 0.241 e. The molecule has 0 radical (unpaired) electrons. The van der Waals surface area contributed by atoms with Crippen molar-refractivity contribution in [3.05, 3.63) is 11.8 Å². The monoisotopic (exact) mass is 244 g/mol. The molecule has 0 aliphatic rings.